The number of rotatable bonds is 6. The number of halogens is 1. The van der Waals surface area contributed by atoms with Crippen molar-refractivity contribution in [2.75, 3.05) is 20.3 Å². The van der Waals surface area contributed by atoms with Gasteiger partial charge in [0.2, 0.25) is 0 Å². The van der Waals surface area contributed by atoms with Gasteiger partial charge in [-0.3, -0.25) is 0 Å². The summed E-state index contributed by atoms with van der Waals surface area (Å²) in [4.78, 5) is 11.9. The van der Waals surface area contributed by atoms with Crippen LogP contribution in [-0.4, -0.2) is 32.0 Å². The van der Waals surface area contributed by atoms with Gasteiger partial charge in [-0.2, -0.15) is 0 Å². The maximum absolute atomic E-state index is 13.6. The molecule has 0 aromatic heterocycles. The van der Waals surface area contributed by atoms with Gasteiger partial charge in [0.15, 0.2) is 0 Å². The molecule has 5 nitrogen and oxygen atoms in total. The molecule has 0 spiro atoms. The Labute approximate surface area is 172 Å². The quantitative estimate of drug-likeness (QED) is 0.504. The molecule has 0 saturated heterocycles. The van der Waals surface area contributed by atoms with Gasteiger partial charge in [-0.25, -0.2) is 9.18 Å². The predicted molar refractivity (Wildman–Crippen MR) is 113 cm³/mol. The summed E-state index contributed by atoms with van der Waals surface area (Å²) in [6.45, 7) is 12.1. The number of ether oxygens (including phenoxy) is 3. The second-order valence-electron chi connectivity index (χ2n) is 7.83. The number of alkyl carbamates (subject to hydrolysis) is 1. The van der Waals surface area contributed by atoms with Crippen molar-refractivity contribution in [3.63, 3.8) is 0 Å². The monoisotopic (exact) mass is 403 g/mol. The number of fused-ring (bicyclic) bond motifs is 1. The molecule has 0 aliphatic carbocycles. The third kappa shape index (κ3) is 6.38. The van der Waals surface area contributed by atoms with Crippen molar-refractivity contribution in [2.45, 2.75) is 45.6 Å². The van der Waals surface area contributed by atoms with E-state index < -0.39 is 17.5 Å². The molecule has 1 atom stereocenters. The molecule has 0 radical (unpaired) electrons. The van der Waals surface area contributed by atoms with E-state index >= 15 is 0 Å². The Morgan fingerprint density at radius 3 is 2.76 bits per heavy atom. The fraction of sp³-hybridized carbons (Fsp3) is 0.435. The van der Waals surface area contributed by atoms with E-state index in [1.807, 2.05) is 39.0 Å². The molecule has 1 heterocycles. The van der Waals surface area contributed by atoms with E-state index in [-0.39, 0.29) is 5.92 Å². The van der Waals surface area contributed by atoms with E-state index in [1.54, 1.807) is 6.92 Å². The summed E-state index contributed by atoms with van der Waals surface area (Å²) in [5.41, 5.74) is 1.81. The van der Waals surface area contributed by atoms with E-state index in [2.05, 4.69) is 11.9 Å². The molecule has 1 amide bonds. The van der Waals surface area contributed by atoms with Gasteiger partial charge in [0.05, 0.1) is 13.7 Å². The highest BCUT2D eigenvalue weighted by Crippen LogP contribution is 2.36. The Kier molecular flexibility index (Phi) is 7.48. The Balaban J connectivity index is 2.15. The fourth-order valence-electron chi connectivity index (χ4n) is 3.00. The van der Waals surface area contributed by atoms with Gasteiger partial charge in [-0.15, -0.1) is 0 Å². The molecule has 0 fully saturated rings. The summed E-state index contributed by atoms with van der Waals surface area (Å²) in [6.07, 6.45) is 3.01. The Morgan fingerprint density at radius 2 is 2.14 bits per heavy atom. The molecule has 1 aromatic rings. The zero-order valence-corrected chi connectivity index (χ0v) is 17.8. The summed E-state index contributed by atoms with van der Waals surface area (Å²) >= 11 is 0. The van der Waals surface area contributed by atoms with Gasteiger partial charge in [0.25, 0.3) is 0 Å². The highest BCUT2D eigenvalue weighted by molar-refractivity contribution is 5.77. The lowest BCUT2D eigenvalue weighted by Gasteiger charge is -2.27. The van der Waals surface area contributed by atoms with Crippen LogP contribution in [0.3, 0.4) is 0 Å². The topological polar surface area (TPSA) is 56.8 Å². The molecule has 1 aliphatic rings. The maximum Gasteiger partial charge on any atom is 0.407 e. The second-order valence-corrected chi connectivity index (χ2v) is 7.83. The molecule has 1 aliphatic heterocycles. The van der Waals surface area contributed by atoms with Crippen LogP contribution in [0.15, 0.2) is 48.5 Å². The normalized spacial score (nSPS) is 17.1. The first-order valence-corrected chi connectivity index (χ1v) is 9.65. The number of allylic oxidation sites excluding steroid dienone is 4. The fourth-order valence-corrected chi connectivity index (χ4v) is 3.00. The lowest BCUT2D eigenvalue weighted by Crippen LogP contribution is -2.35. The van der Waals surface area contributed by atoms with E-state index in [0.29, 0.717) is 24.5 Å². The van der Waals surface area contributed by atoms with Gasteiger partial charge < -0.3 is 19.5 Å². The zero-order valence-electron chi connectivity index (χ0n) is 17.8. The van der Waals surface area contributed by atoms with Crippen LogP contribution >= 0.6 is 0 Å². The third-order valence-corrected chi connectivity index (χ3v) is 4.48. The van der Waals surface area contributed by atoms with Crippen molar-refractivity contribution in [3.8, 4) is 5.75 Å². The van der Waals surface area contributed by atoms with E-state index in [9.17, 15) is 9.18 Å². The minimum absolute atomic E-state index is 0.117. The van der Waals surface area contributed by atoms with Crippen LogP contribution in [0.1, 0.15) is 51.2 Å². The van der Waals surface area contributed by atoms with Crippen molar-refractivity contribution in [1.29, 1.82) is 0 Å². The third-order valence-electron chi connectivity index (χ3n) is 4.48. The molecule has 2 rings (SSSR count). The van der Waals surface area contributed by atoms with Crippen molar-refractivity contribution in [2.24, 2.45) is 0 Å². The van der Waals surface area contributed by atoms with Crippen LogP contribution in [0.5, 0.6) is 5.75 Å². The largest absolute Gasteiger partial charge is 0.496 e. The second kappa shape index (κ2) is 9.63. The zero-order chi connectivity index (χ0) is 21.6. The average molecular weight is 403 g/mol. The number of carbonyl (C=O) groups excluding carboxylic acids is 1. The summed E-state index contributed by atoms with van der Waals surface area (Å²) in [5, 5.41) is 2.83. The Bertz CT molecular complexity index is 821. The number of hydrogen-bond acceptors (Lipinski definition) is 4. The molecule has 1 N–H and O–H groups in total. The highest BCUT2D eigenvalue weighted by Gasteiger charge is 2.24. The molecule has 1 aromatic carbocycles. The number of carbonyl (C=O) groups is 1. The smallest absolute Gasteiger partial charge is 0.407 e. The lowest BCUT2D eigenvalue weighted by atomic mass is 9.91. The predicted octanol–water partition coefficient (Wildman–Crippen LogP) is 5.49. The van der Waals surface area contributed by atoms with E-state index in [4.69, 9.17) is 14.2 Å². The maximum atomic E-state index is 13.6. The number of amides is 1. The summed E-state index contributed by atoms with van der Waals surface area (Å²) in [7, 11) is 1.48. The Morgan fingerprint density at radius 1 is 1.41 bits per heavy atom. The van der Waals surface area contributed by atoms with Crippen LogP contribution in [0.2, 0.25) is 0 Å². The van der Waals surface area contributed by atoms with E-state index in [0.717, 1.165) is 23.3 Å². The minimum Gasteiger partial charge on any atom is -0.496 e. The average Bonchev–Trinajstić information content (AvgIpc) is 2.67. The molecule has 6 heteroatoms. The van der Waals surface area contributed by atoms with Gasteiger partial charge in [0, 0.05) is 24.1 Å². The SMILES string of the molecule is C=C(/C(=C\C(F)=C/C)OC)c1ccc2c(c1)OCC[C@H]2CNC(=O)OC(C)(C)C. The van der Waals surface area contributed by atoms with Crippen LogP contribution in [0.25, 0.3) is 5.57 Å². The first kappa shape index (κ1) is 22.5. The summed E-state index contributed by atoms with van der Waals surface area (Å²) in [6, 6.07) is 5.73. The van der Waals surface area contributed by atoms with Gasteiger partial charge in [-0.05, 0) is 51.3 Å². The number of benzene rings is 1. The highest BCUT2D eigenvalue weighted by atomic mass is 19.1. The number of nitrogens with one attached hydrogen (secondary N) is 1. The molecule has 0 unspecified atom stereocenters. The van der Waals surface area contributed by atoms with E-state index in [1.165, 1.54) is 19.3 Å². The Hall–Kier alpha value is -2.76. The number of methoxy groups -OCH3 is 1. The summed E-state index contributed by atoms with van der Waals surface area (Å²) < 4.78 is 30.0. The van der Waals surface area contributed by atoms with Crippen LogP contribution < -0.4 is 10.1 Å². The standard InChI is InChI=1S/C23H30FNO4/c1-7-18(24)13-20(27-6)15(2)16-8-9-19-17(10-11-28-21(19)12-16)14-25-22(26)29-23(3,4)5/h7-9,12-13,17H,2,10-11,14H2,1,3-6H3,(H,25,26)/b18-7+,20-13+/t17-/m0/s1. The first-order chi connectivity index (χ1) is 13.6. The van der Waals surface area contributed by atoms with Crippen LogP contribution in [-0.2, 0) is 9.47 Å². The van der Waals surface area contributed by atoms with Crippen LogP contribution in [0, 0.1) is 0 Å². The molecule has 158 valence electrons. The van der Waals surface area contributed by atoms with Crippen LogP contribution in [0.4, 0.5) is 9.18 Å². The molecule has 29 heavy (non-hydrogen) atoms. The summed E-state index contributed by atoms with van der Waals surface area (Å²) in [5.74, 6) is 0.796. The minimum atomic E-state index is -0.536. The van der Waals surface area contributed by atoms with Crippen molar-refractivity contribution < 1.29 is 23.4 Å². The van der Waals surface area contributed by atoms with Gasteiger partial charge in [0.1, 0.15) is 22.9 Å². The molecule has 0 bridgehead atoms. The number of hydrogen-bond donors (Lipinski definition) is 1. The lowest BCUT2D eigenvalue weighted by molar-refractivity contribution is 0.0521. The first-order valence-electron chi connectivity index (χ1n) is 9.65. The molecular weight excluding hydrogens is 373 g/mol. The van der Waals surface area contributed by atoms with Crippen molar-refractivity contribution in [3.05, 3.63) is 59.6 Å². The van der Waals surface area contributed by atoms with Crippen molar-refractivity contribution in [1.82, 2.24) is 5.32 Å². The molecule has 0 saturated carbocycles. The van der Waals surface area contributed by atoms with Gasteiger partial charge >= 0.3 is 6.09 Å². The molecular formula is C23H30FNO4. The van der Waals surface area contributed by atoms with Crippen molar-refractivity contribution >= 4 is 11.7 Å². The van der Waals surface area contributed by atoms with Gasteiger partial charge in [-0.1, -0.05) is 24.8 Å².